The summed E-state index contributed by atoms with van der Waals surface area (Å²) in [6.45, 7) is 4.65. The Bertz CT molecular complexity index is 717. The highest BCUT2D eigenvalue weighted by Gasteiger charge is 2.22. The average molecular weight is 305 g/mol. The van der Waals surface area contributed by atoms with Crippen LogP contribution in [0.1, 0.15) is 29.8 Å². The van der Waals surface area contributed by atoms with Crippen LogP contribution in [0.25, 0.3) is 0 Å². The number of aromatic amines is 1. The van der Waals surface area contributed by atoms with Crippen LogP contribution < -0.4 is 10.9 Å². The van der Waals surface area contributed by atoms with E-state index in [0.29, 0.717) is 11.2 Å². The molecule has 0 saturated heterocycles. The summed E-state index contributed by atoms with van der Waals surface area (Å²) in [4.78, 5) is 18.7. The van der Waals surface area contributed by atoms with Gasteiger partial charge in [0.15, 0.2) is 5.16 Å². The van der Waals surface area contributed by atoms with Crippen LogP contribution in [0.3, 0.4) is 0 Å². The molecule has 0 unspecified atom stereocenters. The maximum atomic E-state index is 11.6. The van der Waals surface area contributed by atoms with Crippen LogP contribution in [-0.4, -0.2) is 25.8 Å². The van der Waals surface area contributed by atoms with E-state index in [1.165, 1.54) is 36.2 Å². The van der Waals surface area contributed by atoms with Gasteiger partial charge < -0.3 is 10.3 Å². The van der Waals surface area contributed by atoms with Gasteiger partial charge in [0.25, 0.3) is 5.56 Å². The zero-order chi connectivity index (χ0) is 15.0. The molecule has 2 aromatic rings. The van der Waals surface area contributed by atoms with Crippen molar-refractivity contribution >= 4 is 11.8 Å². The summed E-state index contributed by atoms with van der Waals surface area (Å²) >= 11 is 1.46. The van der Waals surface area contributed by atoms with E-state index >= 15 is 0 Å². The lowest BCUT2D eigenvalue weighted by atomic mass is 10.2. The van der Waals surface area contributed by atoms with E-state index < -0.39 is 0 Å². The van der Waals surface area contributed by atoms with E-state index in [2.05, 4.69) is 20.4 Å². The SMILES string of the molecule is Cc1cc(=O)[nH]c(Sc2c(CNC3CC3)c(C)nn2C)n1. The molecular formula is C14H19N5OS. The Hall–Kier alpha value is -1.60. The van der Waals surface area contributed by atoms with Gasteiger partial charge in [-0.2, -0.15) is 5.10 Å². The first kappa shape index (κ1) is 14.3. The molecular weight excluding hydrogens is 286 g/mol. The molecule has 0 atom stereocenters. The van der Waals surface area contributed by atoms with Crippen molar-refractivity contribution in [3.63, 3.8) is 0 Å². The smallest absolute Gasteiger partial charge is 0.251 e. The van der Waals surface area contributed by atoms with Gasteiger partial charge in [-0.15, -0.1) is 0 Å². The molecule has 2 heterocycles. The van der Waals surface area contributed by atoms with Crippen LogP contribution in [0.15, 0.2) is 21.0 Å². The van der Waals surface area contributed by atoms with E-state index in [1.54, 1.807) is 0 Å². The topological polar surface area (TPSA) is 75.6 Å². The van der Waals surface area contributed by atoms with Crippen molar-refractivity contribution in [1.82, 2.24) is 25.1 Å². The number of nitrogens with zero attached hydrogens (tertiary/aromatic N) is 3. The predicted molar refractivity (Wildman–Crippen MR) is 81.5 cm³/mol. The fourth-order valence-corrected chi connectivity index (χ4v) is 3.28. The van der Waals surface area contributed by atoms with Crippen molar-refractivity contribution in [2.45, 2.75) is 49.5 Å². The molecule has 0 amide bonds. The number of H-pyrrole nitrogens is 1. The number of hydrogen-bond donors (Lipinski definition) is 2. The molecule has 21 heavy (non-hydrogen) atoms. The minimum absolute atomic E-state index is 0.124. The molecule has 0 aliphatic heterocycles. The standard InChI is InChI=1S/C14H19N5OS/c1-8-6-12(20)17-14(16-8)21-13-11(7-15-10-4-5-10)9(2)18-19(13)3/h6,10,15H,4-5,7H2,1-3H3,(H,16,17,20). The molecule has 112 valence electrons. The van der Waals surface area contributed by atoms with Crippen LogP contribution in [0.4, 0.5) is 0 Å². The largest absolute Gasteiger partial charge is 0.310 e. The number of rotatable bonds is 5. The second-order valence-corrected chi connectivity index (χ2v) is 6.42. The molecule has 1 fully saturated rings. The number of aryl methyl sites for hydroxylation is 3. The second kappa shape index (κ2) is 5.65. The number of aromatic nitrogens is 4. The van der Waals surface area contributed by atoms with Gasteiger partial charge in [0.2, 0.25) is 0 Å². The fourth-order valence-electron chi connectivity index (χ4n) is 2.24. The quantitative estimate of drug-likeness (QED) is 0.819. The molecule has 3 rings (SSSR count). The van der Waals surface area contributed by atoms with Gasteiger partial charge in [0.05, 0.1) is 5.69 Å². The molecule has 2 aromatic heterocycles. The number of nitrogens with one attached hydrogen (secondary N) is 2. The third-order valence-corrected chi connectivity index (χ3v) is 4.57. The average Bonchev–Trinajstić information content (AvgIpc) is 3.16. The summed E-state index contributed by atoms with van der Waals surface area (Å²) in [5, 5.41) is 9.63. The highest BCUT2D eigenvalue weighted by molar-refractivity contribution is 7.99. The zero-order valence-corrected chi connectivity index (χ0v) is 13.3. The highest BCUT2D eigenvalue weighted by Crippen LogP contribution is 2.30. The van der Waals surface area contributed by atoms with Gasteiger partial charge in [-0.1, -0.05) is 0 Å². The van der Waals surface area contributed by atoms with Gasteiger partial charge in [-0.05, 0) is 38.5 Å². The Kier molecular flexibility index (Phi) is 3.86. The lowest BCUT2D eigenvalue weighted by Crippen LogP contribution is -2.16. The molecule has 7 heteroatoms. The Morgan fingerprint density at radius 3 is 2.90 bits per heavy atom. The highest BCUT2D eigenvalue weighted by atomic mass is 32.2. The number of hydrogen-bond acceptors (Lipinski definition) is 5. The molecule has 0 spiro atoms. The van der Waals surface area contributed by atoms with Gasteiger partial charge in [-0.3, -0.25) is 9.48 Å². The molecule has 1 saturated carbocycles. The molecule has 1 aliphatic rings. The van der Waals surface area contributed by atoms with Crippen LogP contribution in [0, 0.1) is 13.8 Å². The maximum Gasteiger partial charge on any atom is 0.251 e. The summed E-state index contributed by atoms with van der Waals surface area (Å²) in [5.41, 5.74) is 2.79. The van der Waals surface area contributed by atoms with Crippen LogP contribution >= 0.6 is 11.8 Å². The molecule has 0 radical (unpaired) electrons. The third-order valence-electron chi connectivity index (χ3n) is 3.48. The van der Waals surface area contributed by atoms with Crippen LogP contribution in [-0.2, 0) is 13.6 Å². The first-order chi connectivity index (χ1) is 10.0. The normalized spacial score (nSPS) is 14.6. The van der Waals surface area contributed by atoms with Gasteiger partial charge >= 0.3 is 0 Å². The Balaban J connectivity index is 1.87. The van der Waals surface area contributed by atoms with Gasteiger partial charge in [-0.25, -0.2) is 4.98 Å². The summed E-state index contributed by atoms with van der Waals surface area (Å²) in [5.74, 6) is 0. The first-order valence-corrected chi connectivity index (χ1v) is 7.86. The lowest BCUT2D eigenvalue weighted by Gasteiger charge is -2.07. The minimum Gasteiger partial charge on any atom is -0.310 e. The monoisotopic (exact) mass is 305 g/mol. The lowest BCUT2D eigenvalue weighted by molar-refractivity contribution is 0.657. The predicted octanol–water partition coefficient (Wildman–Crippen LogP) is 1.52. The van der Waals surface area contributed by atoms with E-state index in [4.69, 9.17) is 0 Å². The molecule has 6 nitrogen and oxygen atoms in total. The Morgan fingerprint density at radius 2 is 2.24 bits per heavy atom. The summed E-state index contributed by atoms with van der Waals surface area (Å²) in [6, 6.07) is 2.15. The molecule has 0 aromatic carbocycles. The van der Waals surface area contributed by atoms with Crippen molar-refractivity contribution in [3.05, 3.63) is 33.4 Å². The van der Waals surface area contributed by atoms with Crippen molar-refractivity contribution in [1.29, 1.82) is 0 Å². The molecule has 0 bridgehead atoms. The fraction of sp³-hybridized carbons (Fsp3) is 0.500. The zero-order valence-electron chi connectivity index (χ0n) is 12.4. The maximum absolute atomic E-state index is 11.6. The van der Waals surface area contributed by atoms with Crippen LogP contribution in [0.5, 0.6) is 0 Å². The summed E-state index contributed by atoms with van der Waals surface area (Å²) in [7, 11) is 1.92. The van der Waals surface area contributed by atoms with Crippen molar-refractivity contribution < 1.29 is 0 Å². The molecule has 1 aliphatic carbocycles. The first-order valence-electron chi connectivity index (χ1n) is 7.04. The summed E-state index contributed by atoms with van der Waals surface area (Å²) < 4.78 is 1.85. The van der Waals surface area contributed by atoms with Gasteiger partial charge in [0.1, 0.15) is 5.03 Å². The van der Waals surface area contributed by atoms with E-state index in [0.717, 1.165) is 23.0 Å². The minimum atomic E-state index is -0.124. The Labute approximate surface area is 127 Å². The van der Waals surface area contributed by atoms with E-state index in [9.17, 15) is 4.79 Å². The van der Waals surface area contributed by atoms with Gasteiger partial charge in [0, 0.05) is 37.0 Å². The van der Waals surface area contributed by atoms with Crippen molar-refractivity contribution in [2.75, 3.05) is 0 Å². The van der Waals surface area contributed by atoms with Crippen molar-refractivity contribution in [3.8, 4) is 0 Å². The van der Waals surface area contributed by atoms with E-state index in [1.807, 2.05) is 25.6 Å². The van der Waals surface area contributed by atoms with Crippen molar-refractivity contribution in [2.24, 2.45) is 7.05 Å². The van der Waals surface area contributed by atoms with E-state index in [-0.39, 0.29) is 5.56 Å². The molecule has 2 N–H and O–H groups in total. The van der Waals surface area contributed by atoms with Crippen LogP contribution in [0.2, 0.25) is 0 Å². The second-order valence-electron chi connectivity index (χ2n) is 5.44. The summed E-state index contributed by atoms with van der Waals surface area (Å²) in [6.07, 6.45) is 2.52. The Morgan fingerprint density at radius 1 is 1.48 bits per heavy atom. The third kappa shape index (κ3) is 3.36.